The third-order valence-electron chi connectivity index (χ3n) is 4.71. The molecule has 0 spiro atoms. The third kappa shape index (κ3) is 5.81. The van der Waals surface area contributed by atoms with E-state index in [0.29, 0.717) is 30.7 Å². The average molecular weight is 419 g/mol. The number of halogens is 3. The lowest BCUT2D eigenvalue weighted by Crippen LogP contribution is -2.37. The first kappa shape index (κ1) is 21.8. The van der Waals surface area contributed by atoms with Gasteiger partial charge in [-0.15, -0.1) is 0 Å². The maximum atomic E-state index is 12.8. The molecule has 8 heteroatoms. The summed E-state index contributed by atoms with van der Waals surface area (Å²) in [6, 6.07) is 10.4. The predicted molar refractivity (Wildman–Crippen MR) is 107 cm³/mol. The minimum Gasteiger partial charge on any atom is -0.390 e. The number of benzene rings is 1. The van der Waals surface area contributed by atoms with Gasteiger partial charge in [-0.3, -0.25) is 9.78 Å². The molecule has 1 aliphatic heterocycles. The molecule has 1 aromatic carbocycles. The van der Waals surface area contributed by atoms with Crippen molar-refractivity contribution in [3.05, 3.63) is 65.5 Å². The van der Waals surface area contributed by atoms with Gasteiger partial charge in [0.1, 0.15) is 5.71 Å². The Bertz CT molecular complexity index is 881. The van der Waals surface area contributed by atoms with Crippen LogP contribution in [-0.2, 0) is 22.4 Å². The van der Waals surface area contributed by atoms with Gasteiger partial charge in [0.25, 0.3) is 0 Å². The van der Waals surface area contributed by atoms with Gasteiger partial charge >= 0.3 is 6.18 Å². The van der Waals surface area contributed by atoms with Gasteiger partial charge < -0.3 is 9.74 Å². The number of aromatic nitrogens is 1. The topological polar surface area (TPSA) is 54.8 Å². The van der Waals surface area contributed by atoms with Gasteiger partial charge in [-0.2, -0.15) is 13.2 Å². The summed E-state index contributed by atoms with van der Waals surface area (Å²) < 4.78 is 38.4. The molecule has 2 aromatic rings. The highest BCUT2D eigenvalue weighted by Crippen LogP contribution is 2.29. The summed E-state index contributed by atoms with van der Waals surface area (Å²) in [5, 5.41) is 4.10. The standard InChI is InChI=1S/C22H24F3N3O2/c1-15(2)11-21(29)28(13-16-6-8-17(9-7-16)22(23,24)25)14-18-12-20(27-30-18)19-5-3-4-10-26-19/h3-10,15,18H,11-14H2,1-2H3. The number of amides is 1. The Balaban J connectivity index is 1.68. The van der Waals surface area contributed by atoms with E-state index in [0.717, 1.165) is 17.8 Å². The maximum absolute atomic E-state index is 12.8. The van der Waals surface area contributed by atoms with Crippen LogP contribution < -0.4 is 0 Å². The van der Waals surface area contributed by atoms with Crippen molar-refractivity contribution < 1.29 is 22.8 Å². The largest absolute Gasteiger partial charge is 0.416 e. The number of oxime groups is 1. The van der Waals surface area contributed by atoms with Crippen LogP contribution in [0.25, 0.3) is 0 Å². The van der Waals surface area contributed by atoms with Gasteiger partial charge in [-0.1, -0.05) is 37.2 Å². The van der Waals surface area contributed by atoms with Gasteiger partial charge in [0, 0.05) is 25.6 Å². The Morgan fingerprint density at radius 2 is 1.93 bits per heavy atom. The molecule has 3 rings (SSSR count). The SMILES string of the molecule is CC(C)CC(=O)N(Cc1ccc(C(F)(F)F)cc1)CC1CC(c2ccccn2)=NO1. The summed E-state index contributed by atoms with van der Waals surface area (Å²) in [4.78, 5) is 24.2. The zero-order chi connectivity index (χ0) is 21.7. The number of rotatable bonds is 7. The molecule has 0 radical (unpaired) electrons. The molecular weight excluding hydrogens is 395 g/mol. The molecule has 1 unspecified atom stereocenters. The maximum Gasteiger partial charge on any atom is 0.416 e. The second kappa shape index (κ2) is 9.28. The molecular formula is C22H24F3N3O2. The number of hydrogen-bond acceptors (Lipinski definition) is 4. The van der Waals surface area contributed by atoms with Gasteiger partial charge in [0.15, 0.2) is 6.10 Å². The summed E-state index contributed by atoms with van der Waals surface area (Å²) >= 11 is 0. The molecule has 1 amide bonds. The molecule has 2 heterocycles. The summed E-state index contributed by atoms with van der Waals surface area (Å²) in [5.74, 6) is 0.0946. The molecule has 0 fully saturated rings. The first-order chi connectivity index (χ1) is 14.2. The van der Waals surface area contributed by atoms with Gasteiger partial charge in [0.2, 0.25) is 5.91 Å². The normalized spacial score (nSPS) is 16.3. The minimum absolute atomic E-state index is 0.0696. The highest BCUT2D eigenvalue weighted by atomic mass is 19.4. The van der Waals surface area contributed by atoms with Crippen LogP contribution in [0.15, 0.2) is 53.8 Å². The van der Waals surface area contributed by atoms with Gasteiger partial charge in [-0.05, 0) is 35.7 Å². The lowest BCUT2D eigenvalue weighted by Gasteiger charge is -2.26. The van der Waals surface area contributed by atoms with Crippen molar-refractivity contribution in [2.45, 2.75) is 45.5 Å². The van der Waals surface area contributed by atoms with E-state index in [1.807, 2.05) is 32.0 Å². The van der Waals surface area contributed by atoms with Gasteiger partial charge in [0.05, 0.1) is 17.8 Å². The van der Waals surface area contributed by atoms with Crippen molar-refractivity contribution in [1.29, 1.82) is 0 Å². The van der Waals surface area contributed by atoms with E-state index in [1.54, 1.807) is 11.1 Å². The van der Waals surface area contributed by atoms with E-state index in [-0.39, 0.29) is 24.5 Å². The molecule has 1 aliphatic rings. The summed E-state index contributed by atoms with van der Waals surface area (Å²) in [6.45, 7) is 4.40. The van der Waals surface area contributed by atoms with Crippen molar-refractivity contribution in [3.63, 3.8) is 0 Å². The Hall–Kier alpha value is -2.90. The van der Waals surface area contributed by atoms with Crippen molar-refractivity contribution >= 4 is 11.6 Å². The van der Waals surface area contributed by atoms with Gasteiger partial charge in [-0.25, -0.2) is 0 Å². The molecule has 0 bridgehead atoms. The molecule has 5 nitrogen and oxygen atoms in total. The zero-order valence-corrected chi connectivity index (χ0v) is 16.9. The first-order valence-corrected chi connectivity index (χ1v) is 9.80. The van der Waals surface area contributed by atoms with Crippen LogP contribution in [0.4, 0.5) is 13.2 Å². The highest BCUT2D eigenvalue weighted by molar-refractivity contribution is 5.99. The summed E-state index contributed by atoms with van der Waals surface area (Å²) in [7, 11) is 0. The molecule has 0 N–H and O–H groups in total. The Morgan fingerprint density at radius 1 is 1.20 bits per heavy atom. The fourth-order valence-corrected chi connectivity index (χ4v) is 3.21. The van der Waals surface area contributed by atoms with Crippen LogP contribution in [0.2, 0.25) is 0 Å². The van der Waals surface area contributed by atoms with Crippen molar-refractivity contribution in [2.75, 3.05) is 6.54 Å². The van der Waals surface area contributed by atoms with Crippen molar-refractivity contribution in [2.24, 2.45) is 11.1 Å². The Kier molecular flexibility index (Phi) is 6.74. The lowest BCUT2D eigenvalue weighted by molar-refractivity contribution is -0.138. The molecule has 1 aromatic heterocycles. The van der Waals surface area contributed by atoms with Crippen LogP contribution in [-0.4, -0.2) is 34.2 Å². The molecule has 160 valence electrons. The van der Waals surface area contributed by atoms with E-state index in [4.69, 9.17) is 4.84 Å². The smallest absolute Gasteiger partial charge is 0.390 e. The number of alkyl halides is 3. The van der Waals surface area contributed by atoms with Crippen molar-refractivity contribution in [1.82, 2.24) is 9.88 Å². The average Bonchev–Trinajstić information content (AvgIpc) is 3.16. The summed E-state index contributed by atoms with van der Waals surface area (Å²) in [5.41, 5.74) is 1.36. The van der Waals surface area contributed by atoms with Crippen LogP contribution in [0, 0.1) is 5.92 Å². The monoisotopic (exact) mass is 419 g/mol. The predicted octanol–water partition coefficient (Wildman–Crippen LogP) is 4.67. The number of pyridine rings is 1. The van der Waals surface area contributed by atoms with Crippen LogP contribution in [0.1, 0.15) is 43.5 Å². The molecule has 0 saturated carbocycles. The van der Waals surface area contributed by atoms with Crippen LogP contribution >= 0.6 is 0 Å². The van der Waals surface area contributed by atoms with Crippen molar-refractivity contribution in [3.8, 4) is 0 Å². The molecule has 30 heavy (non-hydrogen) atoms. The fourth-order valence-electron chi connectivity index (χ4n) is 3.21. The van der Waals surface area contributed by atoms with E-state index < -0.39 is 11.7 Å². The third-order valence-corrected chi connectivity index (χ3v) is 4.71. The molecule has 0 saturated heterocycles. The second-order valence-corrected chi connectivity index (χ2v) is 7.75. The molecule has 1 atom stereocenters. The number of nitrogens with zero attached hydrogens (tertiary/aromatic N) is 3. The van der Waals surface area contributed by atoms with Crippen LogP contribution in [0.3, 0.4) is 0 Å². The van der Waals surface area contributed by atoms with E-state index in [9.17, 15) is 18.0 Å². The highest BCUT2D eigenvalue weighted by Gasteiger charge is 2.31. The van der Waals surface area contributed by atoms with E-state index in [2.05, 4.69) is 10.1 Å². The van der Waals surface area contributed by atoms with E-state index in [1.165, 1.54) is 12.1 Å². The number of carbonyl (C=O) groups is 1. The zero-order valence-electron chi connectivity index (χ0n) is 16.9. The second-order valence-electron chi connectivity index (χ2n) is 7.75. The Morgan fingerprint density at radius 3 is 2.53 bits per heavy atom. The number of carbonyl (C=O) groups excluding carboxylic acids is 1. The Labute approximate surface area is 173 Å². The first-order valence-electron chi connectivity index (χ1n) is 9.80. The van der Waals surface area contributed by atoms with E-state index >= 15 is 0 Å². The minimum atomic E-state index is -4.39. The summed E-state index contributed by atoms with van der Waals surface area (Å²) in [6.07, 6.45) is -2.18. The van der Waals surface area contributed by atoms with Crippen LogP contribution in [0.5, 0.6) is 0 Å². The lowest BCUT2D eigenvalue weighted by atomic mass is 10.1. The molecule has 0 aliphatic carbocycles. The number of hydrogen-bond donors (Lipinski definition) is 0. The quantitative estimate of drug-likeness (QED) is 0.656. The fraction of sp³-hybridized carbons (Fsp3) is 0.409.